The van der Waals surface area contributed by atoms with Crippen LogP contribution in [0.1, 0.15) is 24.3 Å². The normalized spacial score (nSPS) is 10.8. The second-order valence-corrected chi connectivity index (χ2v) is 4.76. The van der Waals surface area contributed by atoms with Crippen LogP contribution >= 0.6 is 0 Å². The summed E-state index contributed by atoms with van der Waals surface area (Å²) in [5.41, 5.74) is 1.92. The lowest BCUT2D eigenvalue weighted by atomic mass is 10.2. The first kappa shape index (κ1) is 13.4. The maximum atomic E-state index is 5.68. The van der Waals surface area contributed by atoms with Gasteiger partial charge in [-0.25, -0.2) is 0 Å². The fourth-order valence-electron chi connectivity index (χ4n) is 2.11. The Labute approximate surface area is 122 Å². The summed E-state index contributed by atoms with van der Waals surface area (Å²) < 4.78 is 7.38. The Bertz CT molecular complexity index is 731. The van der Waals surface area contributed by atoms with E-state index in [1.165, 1.54) is 0 Å². The molecule has 2 aromatic heterocycles. The highest BCUT2D eigenvalue weighted by Crippen LogP contribution is 2.16. The van der Waals surface area contributed by atoms with Crippen molar-refractivity contribution < 1.29 is 4.42 Å². The molecular weight excluding hydrogens is 266 g/mol. The minimum absolute atomic E-state index is 0.651. The molecule has 0 amide bonds. The zero-order valence-electron chi connectivity index (χ0n) is 12.1. The van der Waals surface area contributed by atoms with Gasteiger partial charge in [0.1, 0.15) is 11.5 Å². The first-order chi connectivity index (χ1) is 10.3. The molecule has 0 atom stereocenters. The number of hydrogen-bond acceptors (Lipinski definition) is 5. The van der Waals surface area contributed by atoms with E-state index in [-0.39, 0.29) is 0 Å². The Kier molecular flexibility index (Phi) is 3.68. The molecule has 0 aliphatic rings. The molecule has 6 heteroatoms. The minimum atomic E-state index is 0.651. The molecule has 0 aliphatic heterocycles. The van der Waals surface area contributed by atoms with E-state index in [4.69, 9.17) is 4.42 Å². The molecule has 6 nitrogen and oxygen atoms in total. The quantitative estimate of drug-likeness (QED) is 0.779. The number of hydrogen-bond donors (Lipinski definition) is 1. The molecule has 0 aliphatic carbocycles. The third-order valence-electron chi connectivity index (χ3n) is 3.25. The first-order valence-electron chi connectivity index (χ1n) is 6.93. The van der Waals surface area contributed by atoms with Gasteiger partial charge in [0.05, 0.1) is 12.2 Å². The van der Waals surface area contributed by atoms with Gasteiger partial charge < -0.3 is 9.73 Å². The minimum Gasteiger partial charge on any atom is -0.464 e. The van der Waals surface area contributed by atoms with Crippen LogP contribution in [0, 0.1) is 6.92 Å². The van der Waals surface area contributed by atoms with Crippen molar-refractivity contribution in [2.24, 2.45) is 0 Å². The second kappa shape index (κ2) is 5.78. The van der Waals surface area contributed by atoms with Gasteiger partial charge in [0, 0.05) is 12.1 Å². The van der Waals surface area contributed by atoms with Gasteiger partial charge in [0.15, 0.2) is 5.82 Å². The van der Waals surface area contributed by atoms with Crippen LogP contribution in [0.5, 0.6) is 0 Å². The van der Waals surface area contributed by atoms with Crippen molar-refractivity contribution in [3.8, 4) is 5.69 Å². The molecule has 3 aromatic rings. The van der Waals surface area contributed by atoms with E-state index in [9.17, 15) is 0 Å². The topological polar surface area (TPSA) is 68.8 Å². The largest absolute Gasteiger partial charge is 0.464 e. The molecule has 108 valence electrons. The predicted molar refractivity (Wildman–Crippen MR) is 79.3 cm³/mol. The summed E-state index contributed by atoms with van der Waals surface area (Å²) in [7, 11) is 0. The summed E-state index contributed by atoms with van der Waals surface area (Å²) in [6.07, 6.45) is 0.911. The van der Waals surface area contributed by atoms with E-state index in [2.05, 4.69) is 27.8 Å². The lowest BCUT2D eigenvalue weighted by Crippen LogP contribution is -2.02. The van der Waals surface area contributed by atoms with Gasteiger partial charge in [-0.05, 0) is 47.7 Å². The van der Waals surface area contributed by atoms with Crippen molar-refractivity contribution in [1.82, 2.24) is 20.2 Å². The standard InChI is InChI=1S/C15H17N5O/c1-3-14-7-8-15(21-14)10-16-12-5-4-6-13(9-12)20-11(2)17-18-19-20/h4-9,16H,3,10H2,1-2H3. The molecule has 0 unspecified atom stereocenters. The molecule has 0 bridgehead atoms. The molecule has 0 radical (unpaired) electrons. The van der Waals surface area contributed by atoms with E-state index in [0.29, 0.717) is 6.54 Å². The van der Waals surface area contributed by atoms with Crippen LogP contribution in [-0.2, 0) is 13.0 Å². The van der Waals surface area contributed by atoms with Gasteiger partial charge in [-0.2, -0.15) is 4.68 Å². The average Bonchev–Trinajstić information content (AvgIpc) is 3.14. The van der Waals surface area contributed by atoms with Gasteiger partial charge in [-0.3, -0.25) is 0 Å². The monoisotopic (exact) mass is 283 g/mol. The van der Waals surface area contributed by atoms with Crippen LogP contribution in [0.15, 0.2) is 40.8 Å². The highest BCUT2D eigenvalue weighted by molar-refractivity contribution is 5.51. The van der Waals surface area contributed by atoms with Crippen LogP contribution in [0.4, 0.5) is 5.69 Å². The van der Waals surface area contributed by atoms with E-state index in [0.717, 1.165) is 35.1 Å². The number of rotatable bonds is 5. The molecule has 2 heterocycles. The maximum Gasteiger partial charge on any atom is 0.153 e. The molecule has 0 saturated carbocycles. The van der Waals surface area contributed by atoms with Crippen molar-refractivity contribution >= 4 is 5.69 Å². The van der Waals surface area contributed by atoms with Crippen molar-refractivity contribution in [2.45, 2.75) is 26.8 Å². The molecular formula is C15H17N5O. The van der Waals surface area contributed by atoms with Crippen LogP contribution in [0.25, 0.3) is 5.69 Å². The molecule has 0 saturated heterocycles. The van der Waals surface area contributed by atoms with Crippen LogP contribution in [0.2, 0.25) is 0 Å². The number of tetrazole rings is 1. The zero-order valence-corrected chi connectivity index (χ0v) is 12.1. The van der Waals surface area contributed by atoms with Crippen molar-refractivity contribution in [1.29, 1.82) is 0 Å². The van der Waals surface area contributed by atoms with E-state index in [1.807, 2.05) is 43.3 Å². The summed E-state index contributed by atoms with van der Waals surface area (Å²) in [5.74, 6) is 2.69. The summed E-state index contributed by atoms with van der Waals surface area (Å²) in [6, 6.07) is 12.0. The number of aromatic nitrogens is 4. The lowest BCUT2D eigenvalue weighted by molar-refractivity contribution is 0.476. The summed E-state index contributed by atoms with van der Waals surface area (Å²) in [5, 5.41) is 14.9. The molecule has 3 rings (SSSR count). The van der Waals surface area contributed by atoms with Crippen molar-refractivity contribution in [3.63, 3.8) is 0 Å². The third-order valence-corrected chi connectivity index (χ3v) is 3.25. The van der Waals surface area contributed by atoms with Crippen LogP contribution in [0.3, 0.4) is 0 Å². The fraction of sp³-hybridized carbons (Fsp3) is 0.267. The molecule has 0 spiro atoms. The molecule has 0 fully saturated rings. The van der Waals surface area contributed by atoms with Crippen LogP contribution < -0.4 is 5.32 Å². The van der Waals surface area contributed by atoms with Gasteiger partial charge >= 0.3 is 0 Å². The maximum absolute atomic E-state index is 5.68. The summed E-state index contributed by atoms with van der Waals surface area (Å²) in [6.45, 7) is 4.60. The van der Waals surface area contributed by atoms with Gasteiger partial charge in [0.2, 0.25) is 0 Å². The zero-order chi connectivity index (χ0) is 14.7. The number of nitrogens with one attached hydrogen (secondary N) is 1. The Balaban J connectivity index is 1.73. The second-order valence-electron chi connectivity index (χ2n) is 4.76. The van der Waals surface area contributed by atoms with Gasteiger partial charge in [-0.15, -0.1) is 5.10 Å². The predicted octanol–water partition coefficient (Wildman–Crippen LogP) is 2.74. The number of aryl methyl sites for hydroxylation is 2. The first-order valence-corrected chi connectivity index (χ1v) is 6.93. The Morgan fingerprint density at radius 1 is 1.19 bits per heavy atom. The number of benzene rings is 1. The fourth-order valence-corrected chi connectivity index (χ4v) is 2.11. The smallest absolute Gasteiger partial charge is 0.153 e. The number of nitrogens with zero attached hydrogens (tertiary/aromatic N) is 4. The summed E-state index contributed by atoms with van der Waals surface area (Å²) >= 11 is 0. The average molecular weight is 283 g/mol. The van der Waals surface area contributed by atoms with Crippen molar-refractivity contribution in [2.75, 3.05) is 5.32 Å². The number of furan rings is 1. The van der Waals surface area contributed by atoms with Gasteiger partial charge in [0.25, 0.3) is 0 Å². The summed E-state index contributed by atoms with van der Waals surface area (Å²) in [4.78, 5) is 0. The SMILES string of the molecule is CCc1ccc(CNc2cccc(-n3nnnc3C)c2)o1. The highest BCUT2D eigenvalue weighted by Gasteiger charge is 2.05. The van der Waals surface area contributed by atoms with E-state index in [1.54, 1.807) is 4.68 Å². The Morgan fingerprint density at radius 3 is 2.76 bits per heavy atom. The van der Waals surface area contributed by atoms with E-state index >= 15 is 0 Å². The Hall–Kier alpha value is -2.63. The molecule has 21 heavy (non-hydrogen) atoms. The Morgan fingerprint density at radius 2 is 2.05 bits per heavy atom. The third kappa shape index (κ3) is 2.94. The molecule has 1 N–H and O–H groups in total. The van der Waals surface area contributed by atoms with Crippen molar-refractivity contribution in [3.05, 3.63) is 53.7 Å². The lowest BCUT2D eigenvalue weighted by Gasteiger charge is -2.07. The van der Waals surface area contributed by atoms with Gasteiger partial charge in [-0.1, -0.05) is 13.0 Å². The highest BCUT2D eigenvalue weighted by atomic mass is 16.3. The number of anilines is 1. The van der Waals surface area contributed by atoms with E-state index < -0.39 is 0 Å². The molecule has 1 aromatic carbocycles. The van der Waals surface area contributed by atoms with Crippen LogP contribution in [-0.4, -0.2) is 20.2 Å².